The van der Waals surface area contributed by atoms with Crippen LogP contribution in [0.1, 0.15) is 18.4 Å². The quantitative estimate of drug-likeness (QED) is 0.334. The van der Waals surface area contributed by atoms with Crippen LogP contribution in [0, 0.1) is 11.2 Å². The summed E-state index contributed by atoms with van der Waals surface area (Å²) in [5.74, 6) is -0.754. The van der Waals surface area contributed by atoms with Gasteiger partial charge in [0.1, 0.15) is 11.2 Å². The van der Waals surface area contributed by atoms with Gasteiger partial charge in [0.05, 0.1) is 0 Å². The molecule has 0 spiro atoms. The first-order valence-corrected chi connectivity index (χ1v) is 6.67. The van der Waals surface area contributed by atoms with Crippen LogP contribution in [0.4, 0.5) is 4.39 Å². The minimum atomic E-state index is -1.05. The molecule has 0 unspecified atom stereocenters. The van der Waals surface area contributed by atoms with Gasteiger partial charge in [0, 0.05) is 19.8 Å². The van der Waals surface area contributed by atoms with Crippen molar-refractivity contribution < 1.29 is 19.1 Å². The Balaban J connectivity index is 2.07. The lowest BCUT2D eigenvalue weighted by Crippen LogP contribution is -2.52. The van der Waals surface area contributed by atoms with E-state index in [0.717, 1.165) is 5.56 Å². The summed E-state index contributed by atoms with van der Waals surface area (Å²) >= 11 is 0. The zero-order valence-corrected chi connectivity index (χ0v) is 11.5. The number of nitrogens with zero attached hydrogens (tertiary/aromatic N) is 1. The second-order valence-corrected chi connectivity index (χ2v) is 4.99. The van der Waals surface area contributed by atoms with E-state index in [4.69, 9.17) is 15.7 Å². The van der Waals surface area contributed by atoms with Crippen molar-refractivity contribution in [3.8, 4) is 0 Å². The van der Waals surface area contributed by atoms with E-state index in [0.29, 0.717) is 26.1 Å². The molecule has 0 saturated carbocycles. The molecule has 1 aromatic rings. The molecule has 0 radical (unpaired) electrons. The standard InChI is InChI=1S/C14H18FN3O3/c15-11-3-1-10(2-4-11)9-17-13(19)14(12(16)18-20)5-7-21-8-6-14/h1-4,20H,5-9H2,(H2,16,18)(H,17,19). The highest BCUT2D eigenvalue weighted by atomic mass is 19.1. The van der Waals surface area contributed by atoms with Crippen LogP contribution in [0.2, 0.25) is 0 Å². The minimum Gasteiger partial charge on any atom is -0.409 e. The molecule has 1 aliphatic rings. The Morgan fingerprint density at radius 3 is 2.57 bits per heavy atom. The lowest BCUT2D eigenvalue weighted by atomic mass is 9.78. The van der Waals surface area contributed by atoms with Crippen LogP contribution in [0.5, 0.6) is 0 Å². The van der Waals surface area contributed by atoms with Crippen LogP contribution in [-0.4, -0.2) is 30.2 Å². The second kappa shape index (κ2) is 6.53. The molecule has 0 aromatic heterocycles. The van der Waals surface area contributed by atoms with E-state index in [-0.39, 0.29) is 24.1 Å². The Hall–Kier alpha value is -2.15. The third kappa shape index (κ3) is 3.30. The number of halogens is 1. The zero-order chi connectivity index (χ0) is 15.3. The van der Waals surface area contributed by atoms with Gasteiger partial charge < -0.3 is 21.0 Å². The smallest absolute Gasteiger partial charge is 0.234 e. The summed E-state index contributed by atoms with van der Waals surface area (Å²) in [7, 11) is 0. The van der Waals surface area contributed by atoms with Gasteiger partial charge in [0.2, 0.25) is 5.91 Å². The van der Waals surface area contributed by atoms with Gasteiger partial charge in [-0.3, -0.25) is 4.79 Å². The number of oxime groups is 1. The fourth-order valence-corrected chi connectivity index (χ4v) is 2.37. The van der Waals surface area contributed by atoms with Crippen molar-refractivity contribution >= 4 is 11.7 Å². The average molecular weight is 295 g/mol. The molecule has 1 fully saturated rings. The molecule has 21 heavy (non-hydrogen) atoms. The van der Waals surface area contributed by atoms with Crippen LogP contribution >= 0.6 is 0 Å². The molecule has 1 heterocycles. The number of hydrogen-bond donors (Lipinski definition) is 3. The number of rotatable bonds is 4. The van der Waals surface area contributed by atoms with Gasteiger partial charge >= 0.3 is 0 Å². The number of hydrogen-bond acceptors (Lipinski definition) is 4. The maximum Gasteiger partial charge on any atom is 0.234 e. The molecule has 1 aliphatic heterocycles. The van der Waals surface area contributed by atoms with Gasteiger partial charge in [-0.05, 0) is 30.5 Å². The lowest BCUT2D eigenvalue weighted by Gasteiger charge is -2.34. The molecule has 0 atom stereocenters. The largest absolute Gasteiger partial charge is 0.409 e. The number of amidine groups is 1. The third-order valence-corrected chi connectivity index (χ3v) is 3.75. The maximum atomic E-state index is 12.8. The molecule has 114 valence electrons. The van der Waals surface area contributed by atoms with Crippen LogP contribution in [0.3, 0.4) is 0 Å². The fraction of sp³-hybridized carbons (Fsp3) is 0.429. The molecule has 0 bridgehead atoms. The summed E-state index contributed by atoms with van der Waals surface area (Å²) in [6.07, 6.45) is 0.719. The highest BCUT2D eigenvalue weighted by Gasteiger charge is 2.44. The van der Waals surface area contributed by atoms with Crippen LogP contribution in [-0.2, 0) is 16.1 Å². The number of ether oxygens (including phenoxy) is 1. The van der Waals surface area contributed by atoms with Crippen LogP contribution in [0.15, 0.2) is 29.4 Å². The lowest BCUT2D eigenvalue weighted by molar-refractivity contribution is -0.131. The highest BCUT2D eigenvalue weighted by molar-refractivity contribution is 6.06. The Morgan fingerprint density at radius 2 is 2.00 bits per heavy atom. The summed E-state index contributed by atoms with van der Waals surface area (Å²) in [6, 6.07) is 5.84. The SMILES string of the molecule is NC(=NO)C1(C(=O)NCc2ccc(F)cc2)CCOCC1. The molecule has 1 saturated heterocycles. The Bertz CT molecular complexity index is 525. The van der Waals surface area contributed by atoms with Gasteiger partial charge in [0.25, 0.3) is 0 Å². The first-order chi connectivity index (χ1) is 10.1. The Morgan fingerprint density at radius 1 is 1.38 bits per heavy atom. The third-order valence-electron chi connectivity index (χ3n) is 3.75. The Labute approximate surface area is 121 Å². The van der Waals surface area contributed by atoms with Crippen molar-refractivity contribution in [1.29, 1.82) is 0 Å². The molecule has 6 nitrogen and oxygen atoms in total. The van der Waals surface area contributed by atoms with Crippen molar-refractivity contribution in [2.24, 2.45) is 16.3 Å². The van der Waals surface area contributed by atoms with E-state index in [1.54, 1.807) is 12.1 Å². The van der Waals surface area contributed by atoms with Crippen molar-refractivity contribution in [2.45, 2.75) is 19.4 Å². The van der Waals surface area contributed by atoms with Crippen LogP contribution in [0.25, 0.3) is 0 Å². The molecule has 7 heteroatoms. The van der Waals surface area contributed by atoms with E-state index in [1.165, 1.54) is 12.1 Å². The first kappa shape index (κ1) is 15.2. The molecule has 4 N–H and O–H groups in total. The number of nitrogens with one attached hydrogen (secondary N) is 1. The highest BCUT2D eigenvalue weighted by Crippen LogP contribution is 2.31. The van der Waals surface area contributed by atoms with Gasteiger partial charge in [-0.2, -0.15) is 0 Å². The van der Waals surface area contributed by atoms with Crippen molar-refractivity contribution in [3.05, 3.63) is 35.6 Å². The molecule has 0 aliphatic carbocycles. The van der Waals surface area contributed by atoms with E-state index in [1.807, 2.05) is 0 Å². The monoisotopic (exact) mass is 295 g/mol. The Kier molecular flexibility index (Phi) is 4.74. The van der Waals surface area contributed by atoms with E-state index in [9.17, 15) is 9.18 Å². The second-order valence-electron chi connectivity index (χ2n) is 4.99. The van der Waals surface area contributed by atoms with Gasteiger partial charge in [-0.15, -0.1) is 0 Å². The minimum absolute atomic E-state index is 0.109. The van der Waals surface area contributed by atoms with E-state index < -0.39 is 5.41 Å². The number of carbonyl (C=O) groups excluding carboxylic acids is 1. The fourth-order valence-electron chi connectivity index (χ4n) is 2.37. The predicted octanol–water partition coefficient (Wildman–Crippen LogP) is 0.985. The summed E-state index contributed by atoms with van der Waals surface area (Å²) in [5.41, 5.74) is 5.43. The van der Waals surface area contributed by atoms with Crippen molar-refractivity contribution in [2.75, 3.05) is 13.2 Å². The van der Waals surface area contributed by atoms with Gasteiger partial charge in [-0.1, -0.05) is 17.3 Å². The predicted molar refractivity (Wildman–Crippen MR) is 74.1 cm³/mol. The number of amides is 1. The summed E-state index contributed by atoms with van der Waals surface area (Å²) in [6.45, 7) is 1.00. The zero-order valence-electron chi connectivity index (χ0n) is 11.5. The van der Waals surface area contributed by atoms with Crippen LogP contribution < -0.4 is 11.1 Å². The molecular weight excluding hydrogens is 277 g/mol. The van der Waals surface area contributed by atoms with Crippen molar-refractivity contribution in [1.82, 2.24) is 5.32 Å². The number of benzene rings is 1. The van der Waals surface area contributed by atoms with E-state index >= 15 is 0 Å². The number of nitrogens with two attached hydrogens (primary N) is 1. The van der Waals surface area contributed by atoms with Gasteiger partial charge in [0.15, 0.2) is 5.84 Å². The molecular formula is C14H18FN3O3. The van der Waals surface area contributed by atoms with Crippen molar-refractivity contribution in [3.63, 3.8) is 0 Å². The van der Waals surface area contributed by atoms with E-state index in [2.05, 4.69) is 10.5 Å². The normalized spacial score (nSPS) is 18.2. The van der Waals surface area contributed by atoms with Gasteiger partial charge in [-0.25, -0.2) is 4.39 Å². The maximum absolute atomic E-state index is 12.8. The average Bonchev–Trinajstić information content (AvgIpc) is 2.53. The summed E-state index contributed by atoms with van der Waals surface area (Å²) in [5, 5.41) is 14.7. The topological polar surface area (TPSA) is 96.9 Å². The summed E-state index contributed by atoms with van der Waals surface area (Å²) in [4.78, 5) is 12.4. The number of carbonyl (C=O) groups is 1. The first-order valence-electron chi connectivity index (χ1n) is 6.67. The molecule has 2 rings (SSSR count). The summed E-state index contributed by atoms with van der Waals surface area (Å²) < 4.78 is 18.1. The molecule has 1 amide bonds. The molecule has 1 aromatic carbocycles.